The van der Waals surface area contributed by atoms with Crippen molar-refractivity contribution >= 4 is 12.0 Å². The van der Waals surface area contributed by atoms with E-state index < -0.39 is 0 Å². The minimum atomic E-state index is -0.192. The second kappa shape index (κ2) is 8.56. The fourth-order valence-corrected chi connectivity index (χ4v) is 4.56. The zero-order valence-electron chi connectivity index (χ0n) is 17.6. The van der Waals surface area contributed by atoms with E-state index in [-0.39, 0.29) is 17.3 Å². The molecule has 1 aliphatic carbocycles. The van der Waals surface area contributed by atoms with E-state index in [0.29, 0.717) is 30.0 Å². The smallest absolute Gasteiger partial charge is 0.255 e. The number of likely N-dealkylation sites (tertiary alicyclic amines) is 1. The molecule has 0 bridgehead atoms. The lowest BCUT2D eigenvalue weighted by molar-refractivity contribution is 0.0736. The lowest BCUT2D eigenvalue weighted by Crippen LogP contribution is -2.39. The quantitative estimate of drug-likeness (QED) is 0.763. The predicted octanol–water partition coefficient (Wildman–Crippen LogP) is 3.08. The Morgan fingerprint density at radius 2 is 2.03 bits per heavy atom. The van der Waals surface area contributed by atoms with Crippen molar-refractivity contribution in [1.82, 2.24) is 14.4 Å². The van der Waals surface area contributed by atoms with Gasteiger partial charge in [0, 0.05) is 38.9 Å². The average Bonchev–Trinajstić information content (AvgIpc) is 3.22. The van der Waals surface area contributed by atoms with Crippen molar-refractivity contribution in [2.45, 2.75) is 25.8 Å². The molecule has 2 aliphatic rings. The van der Waals surface area contributed by atoms with E-state index in [0.717, 1.165) is 43.6 Å². The molecule has 0 radical (unpaired) electrons. The minimum Gasteiger partial charge on any atom is -0.341 e. The van der Waals surface area contributed by atoms with Crippen LogP contribution >= 0.6 is 0 Å². The van der Waals surface area contributed by atoms with Gasteiger partial charge in [-0.1, -0.05) is 24.3 Å². The van der Waals surface area contributed by atoms with Gasteiger partial charge in [0.15, 0.2) is 0 Å². The average molecular weight is 410 g/mol. The van der Waals surface area contributed by atoms with Crippen LogP contribution in [0.1, 0.15) is 39.9 Å². The van der Waals surface area contributed by atoms with Gasteiger partial charge in [0.1, 0.15) is 5.82 Å². The van der Waals surface area contributed by atoms with Crippen molar-refractivity contribution < 1.29 is 9.18 Å². The van der Waals surface area contributed by atoms with Gasteiger partial charge in [0.25, 0.3) is 11.5 Å². The van der Waals surface area contributed by atoms with Crippen LogP contribution in [0.4, 0.5) is 4.39 Å². The molecule has 1 fully saturated rings. The molecular formula is C24H28FN3O2. The summed E-state index contributed by atoms with van der Waals surface area (Å²) >= 11 is 0. The maximum atomic E-state index is 13.4. The van der Waals surface area contributed by atoms with E-state index in [1.54, 1.807) is 30.3 Å². The van der Waals surface area contributed by atoms with E-state index in [2.05, 4.69) is 4.90 Å². The molecule has 30 heavy (non-hydrogen) atoms. The largest absolute Gasteiger partial charge is 0.341 e. The molecule has 0 spiro atoms. The van der Waals surface area contributed by atoms with E-state index in [1.807, 2.05) is 25.3 Å². The van der Waals surface area contributed by atoms with Crippen LogP contribution in [0.5, 0.6) is 0 Å². The van der Waals surface area contributed by atoms with Gasteiger partial charge in [-0.2, -0.15) is 0 Å². The first-order valence-electron chi connectivity index (χ1n) is 10.5. The van der Waals surface area contributed by atoms with E-state index in [9.17, 15) is 14.0 Å². The number of pyridine rings is 1. The molecule has 1 aromatic carbocycles. The molecule has 158 valence electrons. The van der Waals surface area contributed by atoms with Crippen LogP contribution in [-0.2, 0) is 20.0 Å². The van der Waals surface area contributed by atoms with Crippen LogP contribution in [-0.4, -0.2) is 47.0 Å². The highest BCUT2D eigenvalue weighted by molar-refractivity contribution is 5.98. The number of rotatable bonds is 5. The van der Waals surface area contributed by atoms with Gasteiger partial charge in [-0.15, -0.1) is 0 Å². The topological polar surface area (TPSA) is 45.5 Å². The summed E-state index contributed by atoms with van der Waals surface area (Å²) in [7, 11) is 3.55. The summed E-state index contributed by atoms with van der Waals surface area (Å²) in [5.41, 5.74) is 3.06. The first-order valence-corrected chi connectivity index (χ1v) is 10.5. The number of hydrogen-bond donors (Lipinski definition) is 0. The monoisotopic (exact) mass is 409 g/mol. The van der Waals surface area contributed by atoms with E-state index >= 15 is 0 Å². The summed E-state index contributed by atoms with van der Waals surface area (Å²) in [4.78, 5) is 29.5. The van der Waals surface area contributed by atoms with Crippen molar-refractivity contribution in [2.75, 3.05) is 26.7 Å². The summed E-state index contributed by atoms with van der Waals surface area (Å²) in [6.07, 6.45) is 8.12. The van der Waals surface area contributed by atoms with Crippen LogP contribution in [0.15, 0.2) is 41.3 Å². The molecular weight excluding hydrogens is 381 g/mol. The molecule has 0 N–H and O–H groups in total. The van der Waals surface area contributed by atoms with Gasteiger partial charge < -0.3 is 9.47 Å². The Morgan fingerprint density at radius 1 is 1.27 bits per heavy atom. The maximum Gasteiger partial charge on any atom is 0.255 e. The van der Waals surface area contributed by atoms with E-state index in [1.165, 1.54) is 10.6 Å². The summed E-state index contributed by atoms with van der Waals surface area (Å²) in [6.45, 7) is 3.35. The minimum absolute atomic E-state index is 0.0279. The van der Waals surface area contributed by atoms with E-state index in [4.69, 9.17) is 0 Å². The van der Waals surface area contributed by atoms with Crippen LogP contribution in [0, 0.1) is 11.7 Å². The predicted molar refractivity (Wildman–Crippen MR) is 116 cm³/mol. The highest BCUT2D eigenvalue weighted by atomic mass is 19.1. The third-order valence-corrected chi connectivity index (χ3v) is 6.23. The van der Waals surface area contributed by atoms with Gasteiger partial charge in [0.2, 0.25) is 0 Å². The number of carbonyl (C=O) groups excluding carboxylic acids is 1. The second-order valence-corrected chi connectivity index (χ2v) is 8.49. The molecule has 1 amide bonds. The number of piperidine rings is 1. The number of hydrogen-bond acceptors (Lipinski definition) is 3. The Bertz CT molecular complexity index is 1040. The van der Waals surface area contributed by atoms with Crippen LogP contribution in [0.25, 0.3) is 6.08 Å². The molecule has 1 aliphatic heterocycles. The third-order valence-electron chi connectivity index (χ3n) is 6.23. The SMILES string of the molecule is CN(CC1CCN(Cc2cccc(F)c2)CC1)C(=O)c1cn(C)c(=O)c2c1C=CC2. The zero-order valence-corrected chi connectivity index (χ0v) is 17.6. The lowest BCUT2D eigenvalue weighted by Gasteiger charge is -2.34. The first-order chi connectivity index (χ1) is 14.4. The van der Waals surface area contributed by atoms with Crippen molar-refractivity contribution in [2.24, 2.45) is 13.0 Å². The Labute approximate surface area is 176 Å². The summed E-state index contributed by atoms with van der Waals surface area (Å²) in [5.74, 6) is 0.219. The second-order valence-electron chi connectivity index (χ2n) is 8.49. The lowest BCUT2D eigenvalue weighted by atomic mass is 9.95. The highest BCUT2D eigenvalue weighted by Crippen LogP contribution is 2.24. The molecule has 6 heteroatoms. The molecule has 1 saturated heterocycles. The van der Waals surface area contributed by atoms with Crippen molar-refractivity contribution in [3.8, 4) is 0 Å². The molecule has 0 unspecified atom stereocenters. The van der Waals surface area contributed by atoms with Crippen molar-refractivity contribution in [3.05, 3.63) is 75.0 Å². The van der Waals surface area contributed by atoms with Gasteiger partial charge in [-0.3, -0.25) is 14.5 Å². The first kappa shape index (κ1) is 20.5. The van der Waals surface area contributed by atoms with Crippen LogP contribution in [0.3, 0.4) is 0 Å². The number of halogens is 1. The molecule has 0 atom stereocenters. The number of carbonyl (C=O) groups is 1. The molecule has 4 rings (SSSR count). The van der Waals surface area contributed by atoms with Crippen molar-refractivity contribution in [3.63, 3.8) is 0 Å². The Kier molecular flexibility index (Phi) is 5.86. The fourth-order valence-electron chi connectivity index (χ4n) is 4.56. The van der Waals surface area contributed by atoms with Gasteiger partial charge in [0.05, 0.1) is 5.56 Å². The number of fused-ring (bicyclic) bond motifs is 1. The Hall–Kier alpha value is -2.73. The van der Waals surface area contributed by atoms with Gasteiger partial charge >= 0.3 is 0 Å². The summed E-state index contributed by atoms with van der Waals surface area (Å²) < 4.78 is 14.9. The standard InChI is InChI=1S/C24H28FN3O2/c1-26(24(30)22-16-27(2)23(29)21-8-4-7-20(21)22)14-17-9-11-28(12-10-17)15-18-5-3-6-19(25)13-18/h3-7,13,16-17H,8-12,14-15H2,1-2H3. The molecule has 0 saturated carbocycles. The summed E-state index contributed by atoms with van der Waals surface area (Å²) in [6, 6.07) is 6.78. The van der Waals surface area contributed by atoms with Crippen LogP contribution in [0.2, 0.25) is 0 Å². The Balaban J connectivity index is 1.35. The normalized spacial score (nSPS) is 16.6. The maximum absolute atomic E-state index is 13.4. The highest BCUT2D eigenvalue weighted by Gasteiger charge is 2.26. The number of amides is 1. The number of aromatic nitrogens is 1. The van der Waals surface area contributed by atoms with Gasteiger partial charge in [-0.25, -0.2) is 4.39 Å². The van der Waals surface area contributed by atoms with Crippen LogP contribution < -0.4 is 5.56 Å². The summed E-state index contributed by atoms with van der Waals surface area (Å²) in [5, 5.41) is 0. The number of allylic oxidation sites excluding steroid dienone is 1. The zero-order chi connectivity index (χ0) is 21.3. The fraction of sp³-hybridized carbons (Fsp3) is 0.417. The van der Waals surface area contributed by atoms with Crippen molar-refractivity contribution in [1.29, 1.82) is 0 Å². The third kappa shape index (κ3) is 4.24. The molecule has 5 nitrogen and oxygen atoms in total. The number of aryl methyl sites for hydroxylation is 1. The molecule has 2 aromatic rings. The molecule has 1 aromatic heterocycles. The number of nitrogens with zero attached hydrogens (tertiary/aromatic N) is 3. The number of benzene rings is 1. The Morgan fingerprint density at radius 3 is 2.77 bits per heavy atom. The van der Waals surface area contributed by atoms with Gasteiger partial charge in [-0.05, 0) is 61.5 Å². The molecule has 2 heterocycles.